The molecule has 0 saturated carbocycles. The van der Waals surface area contributed by atoms with Gasteiger partial charge in [0.25, 0.3) is 11.8 Å². The first kappa shape index (κ1) is 37.1. The van der Waals surface area contributed by atoms with Crippen LogP contribution in [0.25, 0.3) is 0 Å². The third-order valence-corrected chi connectivity index (χ3v) is 7.89. The van der Waals surface area contributed by atoms with Gasteiger partial charge in [0.2, 0.25) is 0 Å². The summed E-state index contributed by atoms with van der Waals surface area (Å²) < 4.78 is 11.1. The molecule has 2 heterocycles. The number of aromatic nitrogens is 2. The average Bonchev–Trinajstić information content (AvgIpc) is 2.89. The number of nitrogens with one attached hydrogen (secondary N) is 2. The first-order valence-electron chi connectivity index (χ1n) is 14.7. The summed E-state index contributed by atoms with van der Waals surface area (Å²) >= 11 is 0. The van der Waals surface area contributed by atoms with Crippen molar-refractivity contribution in [2.24, 2.45) is 11.8 Å². The zero-order valence-corrected chi connectivity index (χ0v) is 29.0. The Bertz CT molecular complexity index is 1200. The standard InChI is InChI=1S/C32H46N4O6S2/c1-19(2)17-23(29(39)41-31(5,6)7)35-25(37)21-13-11-15-33-27(21)43-44-28-22(14-12-16-34-28)26(38)36-24(18-20(3)4)30(40)42-32(8,9)10/h11-16,19-20,23-24H,17-18H2,1-10H3,(H,35,37)(H,36,38). The fourth-order valence-corrected chi connectivity index (χ4v) is 6.06. The molecule has 242 valence electrons. The first-order valence-corrected chi connectivity index (χ1v) is 16.8. The molecule has 2 aromatic heterocycles. The van der Waals surface area contributed by atoms with Crippen LogP contribution in [0.15, 0.2) is 46.7 Å². The number of amides is 2. The van der Waals surface area contributed by atoms with E-state index in [1.807, 2.05) is 27.7 Å². The predicted molar refractivity (Wildman–Crippen MR) is 173 cm³/mol. The number of rotatable bonds is 13. The second kappa shape index (κ2) is 16.3. The molecule has 44 heavy (non-hydrogen) atoms. The monoisotopic (exact) mass is 646 g/mol. The number of carbonyl (C=O) groups is 4. The van der Waals surface area contributed by atoms with Gasteiger partial charge in [-0.1, -0.05) is 27.7 Å². The van der Waals surface area contributed by atoms with Crippen LogP contribution in [0.2, 0.25) is 0 Å². The Morgan fingerprint density at radius 2 is 1.02 bits per heavy atom. The lowest BCUT2D eigenvalue weighted by atomic mass is 10.0. The van der Waals surface area contributed by atoms with Crippen LogP contribution < -0.4 is 10.6 Å². The normalized spacial score (nSPS) is 13.3. The van der Waals surface area contributed by atoms with Crippen molar-refractivity contribution in [2.75, 3.05) is 0 Å². The highest BCUT2D eigenvalue weighted by atomic mass is 33.1. The minimum Gasteiger partial charge on any atom is -0.458 e. The molecule has 0 bridgehead atoms. The van der Waals surface area contributed by atoms with Crippen LogP contribution >= 0.6 is 21.6 Å². The predicted octanol–water partition coefficient (Wildman–Crippen LogP) is 6.25. The second-order valence-electron chi connectivity index (χ2n) is 13.3. The Kier molecular flexibility index (Phi) is 13.7. The molecule has 2 amide bonds. The molecule has 0 spiro atoms. The van der Waals surface area contributed by atoms with Crippen LogP contribution in [-0.4, -0.2) is 57.0 Å². The fraction of sp³-hybridized carbons (Fsp3) is 0.562. The molecule has 2 rings (SSSR count). The average molecular weight is 647 g/mol. The number of hydrogen-bond acceptors (Lipinski definition) is 10. The van der Waals surface area contributed by atoms with Gasteiger partial charge in [-0.25, -0.2) is 19.6 Å². The van der Waals surface area contributed by atoms with Gasteiger partial charge in [0, 0.05) is 12.4 Å². The molecule has 10 nitrogen and oxygen atoms in total. The lowest BCUT2D eigenvalue weighted by Gasteiger charge is -2.25. The molecule has 0 aliphatic rings. The Morgan fingerprint density at radius 3 is 1.32 bits per heavy atom. The summed E-state index contributed by atoms with van der Waals surface area (Å²) in [6.07, 6.45) is 3.93. The number of pyridine rings is 2. The van der Waals surface area contributed by atoms with Crippen molar-refractivity contribution in [3.8, 4) is 0 Å². The van der Waals surface area contributed by atoms with E-state index in [9.17, 15) is 19.2 Å². The number of hydrogen-bond donors (Lipinski definition) is 2. The third kappa shape index (κ3) is 12.9. The number of carbonyl (C=O) groups excluding carboxylic acids is 4. The summed E-state index contributed by atoms with van der Waals surface area (Å²) in [6, 6.07) is 4.86. The van der Waals surface area contributed by atoms with Gasteiger partial charge in [0.05, 0.1) is 11.1 Å². The molecular formula is C32H46N4O6S2. The van der Waals surface area contributed by atoms with Crippen LogP contribution in [0.5, 0.6) is 0 Å². The van der Waals surface area contributed by atoms with E-state index >= 15 is 0 Å². The minimum atomic E-state index is -0.831. The van der Waals surface area contributed by atoms with E-state index in [-0.39, 0.29) is 23.0 Å². The van der Waals surface area contributed by atoms with Gasteiger partial charge in [-0.2, -0.15) is 0 Å². The molecule has 0 saturated heterocycles. The highest BCUT2D eigenvalue weighted by Crippen LogP contribution is 2.38. The summed E-state index contributed by atoms with van der Waals surface area (Å²) in [5.74, 6) is -1.67. The van der Waals surface area contributed by atoms with E-state index in [0.29, 0.717) is 22.9 Å². The molecule has 12 heteroatoms. The minimum absolute atomic E-state index is 0.135. The summed E-state index contributed by atoms with van der Waals surface area (Å²) in [5, 5.41) is 6.40. The highest BCUT2D eigenvalue weighted by Gasteiger charge is 2.30. The van der Waals surface area contributed by atoms with Crippen molar-refractivity contribution in [1.29, 1.82) is 0 Å². The van der Waals surface area contributed by atoms with E-state index in [1.54, 1.807) is 78.2 Å². The molecule has 0 fully saturated rings. The van der Waals surface area contributed by atoms with Crippen LogP contribution in [0.3, 0.4) is 0 Å². The zero-order valence-electron chi connectivity index (χ0n) is 27.3. The summed E-state index contributed by atoms with van der Waals surface area (Å²) in [7, 11) is 2.32. The van der Waals surface area contributed by atoms with Crippen molar-refractivity contribution in [2.45, 2.75) is 115 Å². The maximum atomic E-state index is 13.4. The molecule has 0 aliphatic carbocycles. The maximum absolute atomic E-state index is 13.4. The van der Waals surface area contributed by atoms with Gasteiger partial charge in [-0.05, 0) is 112 Å². The first-order chi connectivity index (χ1) is 20.4. The molecule has 2 N–H and O–H groups in total. The second-order valence-corrected chi connectivity index (χ2v) is 15.4. The number of esters is 2. The summed E-state index contributed by atoms with van der Waals surface area (Å²) in [6.45, 7) is 18.5. The molecule has 2 aromatic rings. The van der Waals surface area contributed by atoms with Gasteiger partial charge in [-0.15, -0.1) is 0 Å². The molecule has 0 aliphatic heterocycles. The Balaban J connectivity index is 2.24. The van der Waals surface area contributed by atoms with E-state index in [2.05, 4.69) is 20.6 Å². The van der Waals surface area contributed by atoms with E-state index in [4.69, 9.17) is 9.47 Å². The van der Waals surface area contributed by atoms with Gasteiger partial charge in [-0.3, -0.25) is 9.59 Å². The number of ether oxygens (including phenoxy) is 2. The Labute approximate surface area is 269 Å². The summed E-state index contributed by atoms with van der Waals surface area (Å²) in [5.41, 5.74) is -0.855. The van der Waals surface area contributed by atoms with Crippen LogP contribution in [-0.2, 0) is 19.1 Å². The zero-order chi connectivity index (χ0) is 33.2. The van der Waals surface area contributed by atoms with Crippen molar-refractivity contribution >= 4 is 45.3 Å². The quantitative estimate of drug-likeness (QED) is 0.190. The summed E-state index contributed by atoms with van der Waals surface area (Å²) in [4.78, 5) is 61.2. The van der Waals surface area contributed by atoms with Crippen LogP contribution in [0.4, 0.5) is 0 Å². The molecule has 0 radical (unpaired) electrons. The van der Waals surface area contributed by atoms with Gasteiger partial charge < -0.3 is 20.1 Å². The largest absolute Gasteiger partial charge is 0.458 e. The Morgan fingerprint density at radius 1 is 0.682 bits per heavy atom. The van der Waals surface area contributed by atoms with Gasteiger partial charge in [0.1, 0.15) is 33.3 Å². The maximum Gasteiger partial charge on any atom is 0.329 e. The van der Waals surface area contributed by atoms with Crippen molar-refractivity contribution in [3.05, 3.63) is 47.8 Å². The molecule has 2 atom stereocenters. The topological polar surface area (TPSA) is 137 Å². The van der Waals surface area contributed by atoms with Gasteiger partial charge in [0.15, 0.2) is 0 Å². The molecule has 2 unspecified atom stereocenters. The number of nitrogens with zero attached hydrogens (tertiary/aromatic N) is 2. The lowest BCUT2D eigenvalue weighted by Crippen LogP contribution is -2.45. The van der Waals surface area contributed by atoms with E-state index in [0.717, 1.165) is 21.6 Å². The molecule has 0 aromatic carbocycles. The SMILES string of the molecule is CC(C)CC(NC(=O)c1cccnc1SSc1ncccc1C(=O)NC(CC(C)C)C(=O)OC(C)(C)C)C(=O)OC(C)(C)C. The third-order valence-electron chi connectivity index (χ3n) is 5.64. The Hall–Kier alpha value is -3.12. The van der Waals surface area contributed by atoms with Crippen molar-refractivity contribution < 1.29 is 28.7 Å². The fourth-order valence-electron chi connectivity index (χ4n) is 3.93. The van der Waals surface area contributed by atoms with Crippen LogP contribution in [0, 0.1) is 11.8 Å². The van der Waals surface area contributed by atoms with E-state index in [1.165, 1.54) is 0 Å². The van der Waals surface area contributed by atoms with E-state index < -0.39 is 47.0 Å². The molecular weight excluding hydrogens is 601 g/mol. The van der Waals surface area contributed by atoms with Crippen molar-refractivity contribution in [1.82, 2.24) is 20.6 Å². The highest BCUT2D eigenvalue weighted by molar-refractivity contribution is 8.76. The van der Waals surface area contributed by atoms with Crippen LogP contribution in [0.1, 0.15) is 103 Å². The smallest absolute Gasteiger partial charge is 0.329 e. The van der Waals surface area contributed by atoms with Crippen molar-refractivity contribution in [3.63, 3.8) is 0 Å². The lowest BCUT2D eigenvalue weighted by molar-refractivity contribution is -0.158. The van der Waals surface area contributed by atoms with Gasteiger partial charge >= 0.3 is 11.9 Å².